The molecule has 0 spiro atoms. The maximum atomic E-state index is 14.8. The summed E-state index contributed by atoms with van der Waals surface area (Å²) in [5.41, 5.74) is 30.4. The maximum absolute atomic E-state index is 14.8. The van der Waals surface area contributed by atoms with Gasteiger partial charge in [-0.3, -0.25) is 53.1 Å². The van der Waals surface area contributed by atoms with Crippen molar-refractivity contribution in [2.75, 3.05) is 19.6 Å². The summed E-state index contributed by atoms with van der Waals surface area (Å²) in [5.74, 6) is -7.66. The minimum atomic E-state index is -1.34. The van der Waals surface area contributed by atoms with Gasteiger partial charge in [0.25, 0.3) is 0 Å². The summed E-state index contributed by atoms with van der Waals surface area (Å²) in [7, 11) is 0. The van der Waals surface area contributed by atoms with Crippen molar-refractivity contribution < 1.29 is 43.2 Å². The molecule has 0 bridgehead atoms. The van der Waals surface area contributed by atoms with E-state index in [4.69, 9.17) is 28.7 Å². The molecule has 6 amide bonds. The van der Waals surface area contributed by atoms with Gasteiger partial charge in [0.2, 0.25) is 35.4 Å². The summed E-state index contributed by atoms with van der Waals surface area (Å²) < 4.78 is 0. The molecule has 2 fully saturated rings. The highest BCUT2D eigenvalue weighted by Crippen LogP contribution is 2.27. The second-order valence-electron chi connectivity index (χ2n) is 19.6. The number of amides is 6. The van der Waals surface area contributed by atoms with Crippen LogP contribution in [-0.2, 0) is 56.0 Å². The zero-order valence-electron chi connectivity index (χ0n) is 43.0. The van der Waals surface area contributed by atoms with Crippen molar-refractivity contribution >= 4 is 75.6 Å². The number of carbonyl (C=O) groups is 9. The molecular formula is C53H72N14O9. The molecule has 0 saturated carbocycles. The number of nitrogens with two attached hydrogens (primary N) is 5. The predicted molar refractivity (Wildman–Crippen MR) is 283 cm³/mol. The van der Waals surface area contributed by atoms with Crippen molar-refractivity contribution in [2.45, 2.75) is 140 Å². The maximum Gasteiger partial charge on any atom is 0.245 e. The van der Waals surface area contributed by atoms with Crippen LogP contribution in [0.2, 0.25) is 0 Å². The number of Topliss-reactive ketones (excluding diaryl/α,β-unsaturated/α-hetero) is 3. The molecule has 2 aliphatic heterocycles. The van der Waals surface area contributed by atoms with Gasteiger partial charge in [-0.25, -0.2) is 0 Å². The molecule has 2 aromatic carbocycles. The van der Waals surface area contributed by atoms with E-state index in [1.165, 1.54) is 11.8 Å². The van der Waals surface area contributed by atoms with Gasteiger partial charge in [0, 0.05) is 81.2 Å². The summed E-state index contributed by atoms with van der Waals surface area (Å²) >= 11 is 0. The Morgan fingerprint density at radius 3 is 2.17 bits per heavy atom. The molecule has 0 unspecified atom stereocenters. The number of carbonyl (C=O) groups excluding carboxylic acids is 9. The Morgan fingerprint density at radius 1 is 0.789 bits per heavy atom. The molecule has 1 aromatic heterocycles. The standard InChI is InChI=1S/C53H72N14O9/c1-31(68)63-41(14-7-23-61-53(58)59)49(74)65-42-21-20-37(69)10-2-4-13-40(47(55)72)64-48(73)35(26-36-30-62-39-12-5-3-11-38(36)39)28-45(70)34(9-6-22-60-52(56)57)27-46(71)43(25-32-16-18-33(29-54)19-17-32)66-50(75)44-15-8-24-67(44)51(42)76/h3,5,11-12,16-19,30,34-35,40-44,62H,2,4,6-10,13-15,20-28H2,1H3,(H2,55,72)(H,63,68)(H,64,73)(H,65,74)(H,66,75)(H4,56,57,60)(H4,58,59,61)/t34-,35-,40+,41+,42+,43-,44+/m1/s1. The fourth-order valence-corrected chi connectivity index (χ4v) is 9.73. The highest BCUT2D eigenvalue weighted by molar-refractivity contribution is 5.98. The first kappa shape index (κ1) is 58.7. The molecule has 2 aliphatic rings. The first-order valence-corrected chi connectivity index (χ1v) is 25.8. The lowest BCUT2D eigenvalue weighted by molar-refractivity contribution is -0.142. The number of ketones is 3. The highest BCUT2D eigenvalue weighted by Gasteiger charge is 2.40. The third-order valence-electron chi connectivity index (χ3n) is 13.8. The Bertz CT molecular complexity index is 2670. The Morgan fingerprint density at radius 2 is 1.49 bits per heavy atom. The Kier molecular flexibility index (Phi) is 22.5. The highest BCUT2D eigenvalue weighted by atomic mass is 16.2. The lowest BCUT2D eigenvalue weighted by Gasteiger charge is -2.31. The Balaban J connectivity index is 1.53. The number of benzene rings is 2. The number of aliphatic imine (C=N–C) groups is 2. The monoisotopic (exact) mass is 1050 g/mol. The number of aromatic nitrogens is 1. The van der Waals surface area contributed by atoms with E-state index in [2.05, 4.69) is 42.3 Å². The van der Waals surface area contributed by atoms with Crippen molar-refractivity contribution in [1.82, 2.24) is 31.2 Å². The zero-order valence-corrected chi connectivity index (χ0v) is 43.0. The van der Waals surface area contributed by atoms with Gasteiger partial charge >= 0.3 is 0 Å². The van der Waals surface area contributed by atoms with E-state index in [0.29, 0.717) is 17.5 Å². The van der Waals surface area contributed by atoms with Crippen LogP contribution in [0.1, 0.15) is 114 Å². The van der Waals surface area contributed by atoms with Gasteiger partial charge in [-0.15, -0.1) is 0 Å². The zero-order chi connectivity index (χ0) is 55.3. The lowest BCUT2D eigenvalue weighted by atomic mass is 9.83. The van der Waals surface area contributed by atoms with E-state index in [-0.39, 0.29) is 134 Å². The molecule has 76 heavy (non-hydrogen) atoms. The molecule has 5 rings (SSSR count). The molecule has 3 heterocycles. The van der Waals surface area contributed by atoms with Gasteiger partial charge in [-0.1, -0.05) is 36.8 Å². The van der Waals surface area contributed by atoms with E-state index in [0.717, 1.165) is 16.5 Å². The summed E-state index contributed by atoms with van der Waals surface area (Å²) in [4.78, 5) is 138. The van der Waals surface area contributed by atoms with Crippen molar-refractivity contribution in [1.29, 1.82) is 5.26 Å². The smallest absolute Gasteiger partial charge is 0.245 e. The van der Waals surface area contributed by atoms with Gasteiger partial charge in [0.05, 0.1) is 17.7 Å². The molecule has 0 aliphatic carbocycles. The molecule has 2 saturated heterocycles. The van der Waals surface area contributed by atoms with Crippen LogP contribution in [0.4, 0.5) is 0 Å². The Hall–Kier alpha value is -8.16. The molecule has 7 atom stereocenters. The minimum Gasteiger partial charge on any atom is -0.370 e. The third kappa shape index (κ3) is 18.0. The summed E-state index contributed by atoms with van der Waals surface area (Å²) in [6, 6.07) is 9.89. The minimum absolute atomic E-state index is 0.0132. The third-order valence-corrected chi connectivity index (χ3v) is 13.8. The van der Waals surface area contributed by atoms with Crippen molar-refractivity contribution in [3.8, 4) is 6.07 Å². The van der Waals surface area contributed by atoms with Crippen LogP contribution in [0.25, 0.3) is 10.9 Å². The number of nitriles is 1. The molecular weight excluding hydrogens is 977 g/mol. The number of hydrogen-bond acceptors (Lipinski definition) is 12. The van der Waals surface area contributed by atoms with Gasteiger partial charge in [-0.2, -0.15) is 5.26 Å². The largest absolute Gasteiger partial charge is 0.370 e. The van der Waals surface area contributed by atoms with Gasteiger partial charge in [-0.05, 0) is 100.0 Å². The normalized spacial score (nSPS) is 22.0. The topological polar surface area (TPSA) is 399 Å². The van der Waals surface area contributed by atoms with Crippen molar-refractivity contribution in [3.63, 3.8) is 0 Å². The number of fused-ring (bicyclic) bond motifs is 2. The fourth-order valence-electron chi connectivity index (χ4n) is 9.73. The number of hydrogen-bond donors (Lipinski definition) is 10. The molecule has 408 valence electrons. The molecule has 3 aromatic rings. The average Bonchev–Trinajstić information content (AvgIpc) is 4.05. The number of para-hydroxylation sites is 1. The van der Waals surface area contributed by atoms with Crippen LogP contribution in [0.5, 0.6) is 0 Å². The quantitative estimate of drug-likeness (QED) is 0.0529. The number of nitrogens with one attached hydrogen (secondary N) is 5. The van der Waals surface area contributed by atoms with Crippen LogP contribution in [-0.4, -0.2) is 124 Å². The van der Waals surface area contributed by atoms with E-state index < -0.39 is 89.1 Å². The first-order valence-electron chi connectivity index (χ1n) is 25.8. The number of primary amides is 1. The summed E-state index contributed by atoms with van der Waals surface area (Å²) in [6.45, 7) is 1.60. The van der Waals surface area contributed by atoms with Crippen LogP contribution < -0.4 is 49.9 Å². The summed E-state index contributed by atoms with van der Waals surface area (Å²) in [6.07, 6.45) is 2.60. The summed E-state index contributed by atoms with van der Waals surface area (Å²) in [5, 5.41) is 21.3. The number of aromatic amines is 1. The molecule has 0 radical (unpaired) electrons. The second-order valence-corrected chi connectivity index (χ2v) is 19.6. The number of H-pyrrole nitrogens is 1. The van der Waals surface area contributed by atoms with Crippen LogP contribution in [0.3, 0.4) is 0 Å². The van der Waals surface area contributed by atoms with Crippen LogP contribution >= 0.6 is 0 Å². The second kappa shape index (κ2) is 29.1. The number of rotatable bonds is 16. The van der Waals surface area contributed by atoms with Crippen LogP contribution in [0.15, 0.2) is 64.7 Å². The van der Waals surface area contributed by atoms with Crippen LogP contribution in [0, 0.1) is 23.2 Å². The van der Waals surface area contributed by atoms with Gasteiger partial charge < -0.3 is 59.8 Å². The predicted octanol–water partition coefficient (Wildman–Crippen LogP) is 0.441. The van der Waals surface area contributed by atoms with Crippen molar-refractivity contribution in [3.05, 3.63) is 71.4 Å². The lowest BCUT2D eigenvalue weighted by Crippen LogP contribution is -2.57. The molecule has 15 N–H and O–H groups in total. The van der Waals surface area contributed by atoms with Gasteiger partial charge in [0.1, 0.15) is 35.7 Å². The first-order chi connectivity index (χ1) is 36.3. The fraction of sp³-hybridized carbons (Fsp3) is 0.509. The molecule has 23 nitrogen and oxygen atoms in total. The Labute approximate surface area is 441 Å². The SMILES string of the molecule is CC(=O)N[C@@H](CCCN=C(N)N)C(=O)N[C@H]1CCC(=O)CCCC[C@@H](C(N)=O)NC(=O)[C@H](Cc2c[nH]c3ccccc23)CC(=O)[C@H](CCCN=C(N)N)CC(=O)[C@@H](Cc2ccc(C#N)cc2)NC(=O)[C@@H]2CCCN2C1=O. The van der Waals surface area contributed by atoms with E-state index >= 15 is 0 Å². The molecule has 23 heteroatoms. The number of guanidine groups is 2. The van der Waals surface area contributed by atoms with Gasteiger partial charge in [0.15, 0.2) is 17.7 Å². The van der Waals surface area contributed by atoms with E-state index in [9.17, 15) is 48.4 Å². The van der Waals surface area contributed by atoms with E-state index in [1.54, 1.807) is 30.5 Å². The number of nitrogens with zero attached hydrogens (tertiary/aromatic N) is 4. The average molecular weight is 1050 g/mol. The van der Waals surface area contributed by atoms with Crippen molar-refractivity contribution in [2.24, 2.45) is 50.5 Å². The van der Waals surface area contributed by atoms with E-state index in [1.807, 2.05) is 24.3 Å².